The topological polar surface area (TPSA) is 40.7 Å². The molecule has 0 amide bonds. The number of thioether (sulfide) groups is 1. The summed E-state index contributed by atoms with van der Waals surface area (Å²) in [6, 6.07) is 0.682. The highest BCUT2D eigenvalue weighted by molar-refractivity contribution is 7.99. The van der Waals surface area contributed by atoms with Crippen LogP contribution in [0.2, 0.25) is 0 Å². The number of aromatic amines is 1. The molecule has 2 rings (SSSR count). The number of nitrogens with zero attached hydrogens (tertiary/aromatic N) is 1. The van der Waals surface area contributed by atoms with Crippen LogP contribution in [0.3, 0.4) is 0 Å². The highest BCUT2D eigenvalue weighted by Gasteiger charge is 2.20. The minimum atomic E-state index is 0.682. The number of hydrogen-bond donors (Lipinski definition) is 2. The van der Waals surface area contributed by atoms with Crippen molar-refractivity contribution in [1.82, 2.24) is 15.3 Å². The fourth-order valence-electron chi connectivity index (χ4n) is 2.18. The van der Waals surface area contributed by atoms with Gasteiger partial charge in [-0.05, 0) is 25.5 Å². The molecule has 0 spiro atoms. The van der Waals surface area contributed by atoms with Crippen molar-refractivity contribution in [2.75, 3.05) is 6.26 Å². The number of nitrogens with one attached hydrogen (secondary N) is 2. The van der Waals surface area contributed by atoms with Crippen molar-refractivity contribution >= 4 is 11.8 Å². The van der Waals surface area contributed by atoms with Crippen LogP contribution in [-0.2, 0) is 6.54 Å². The number of hydrogen-bond acceptors (Lipinski definition) is 3. The Morgan fingerprint density at radius 3 is 3.27 bits per heavy atom. The van der Waals surface area contributed by atoms with Gasteiger partial charge in [-0.3, -0.25) is 0 Å². The second kappa shape index (κ2) is 5.56. The lowest BCUT2D eigenvalue weighted by atomic mass is 9.95. The molecule has 1 aliphatic rings. The lowest BCUT2D eigenvalue weighted by molar-refractivity contribution is 0.377. The van der Waals surface area contributed by atoms with E-state index in [9.17, 15) is 0 Å². The molecule has 1 heterocycles. The van der Waals surface area contributed by atoms with Crippen LogP contribution in [0, 0.1) is 0 Å². The minimum Gasteiger partial charge on any atom is -0.348 e. The van der Waals surface area contributed by atoms with Crippen molar-refractivity contribution in [3.8, 4) is 0 Å². The van der Waals surface area contributed by atoms with Crippen LogP contribution < -0.4 is 5.32 Å². The number of imidazole rings is 1. The van der Waals surface area contributed by atoms with Crippen LogP contribution >= 0.6 is 11.8 Å². The predicted octanol–water partition coefficient (Wildman–Crippen LogP) is 2.17. The molecule has 1 aromatic rings. The molecule has 0 bridgehead atoms. The molecule has 0 aliphatic heterocycles. The van der Waals surface area contributed by atoms with Gasteiger partial charge in [0.1, 0.15) is 5.82 Å². The van der Waals surface area contributed by atoms with Gasteiger partial charge in [0.05, 0.1) is 6.54 Å². The molecule has 2 N–H and O–H groups in total. The Bertz CT molecular complexity index is 273. The van der Waals surface area contributed by atoms with Gasteiger partial charge in [0, 0.05) is 23.7 Å². The van der Waals surface area contributed by atoms with Crippen LogP contribution in [-0.4, -0.2) is 27.5 Å². The van der Waals surface area contributed by atoms with E-state index in [2.05, 4.69) is 21.5 Å². The van der Waals surface area contributed by atoms with Crippen LogP contribution in [0.15, 0.2) is 12.4 Å². The van der Waals surface area contributed by atoms with E-state index in [1.54, 1.807) is 0 Å². The van der Waals surface area contributed by atoms with Gasteiger partial charge in [-0.2, -0.15) is 11.8 Å². The van der Waals surface area contributed by atoms with Gasteiger partial charge < -0.3 is 10.3 Å². The number of aromatic nitrogens is 2. The Kier molecular flexibility index (Phi) is 4.09. The highest BCUT2D eigenvalue weighted by atomic mass is 32.2. The molecule has 1 saturated carbocycles. The fourth-order valence-corrected chi connectivity index (χ4v) is 3.01. The maximum Gasteiger partial charge on any atom is 0.120 e. The van der Waals surface area contributed by atoms with E-state index >= 15 is 0 Å². The van der Waals surface area contributed by atoms with Gasteiger partial charge in [-0.15, -0.1) is 0 Å². The monoisotopic (exact) mass is 225 g/mol. The SMILES string of the molecule is CSC1CCCC(NCc2ncc[nH]2)C1. The predicted molar refractivity (Wildman–Crippen MR) is 65.0 cm³/mol. The third-order valence-electron chi connectivity index (χ3n) is 3.07. The lowest BCUT2D eigenvalue weighted by Gasteiger charge is -2.28. The Hall–Kier alpha value is -0.480. The summed E-state index contributed by atoms with van der Waals surface area (Å²) < 4.78 is 0. The molecule has 1 aliphatic carbocycles. The van der Waals surface area contributed by atoms with E-state index in [4.69, 9.17) is 0 Å². The highest BCUT2D eigenvalue weighted by Crippen LogP contribution is 2.26. The molecule has 15 heavy (non-hydrogen) atoms. The lowest BCUT2D eigenvalue weighted by Crippen LogP contribution is -2.34. The van der Waals surface area contributed by atoms with Crippen molar-refractivity contribution in [2.45, 2.75) is 43.5 Å². The molecule has 84 valence electrons. The number of H-pyrrole nitrogens is 1. The Labute approximate surface area is 95.4 Å². The molecule has 1 aromatic heterocycles. The molecule has 0 radical (unpaired) electrons. The molecule has 1 fully saturated rings. The van der Waals surface area contributed by atoms with E-state index in [0.29, 0.717) is 6.04 Å². The van der Waals surface area contributed by atoms with E-state index in [0.717, 1.165) is 17.6 Å². The summed E-state index contributed by atoms with van der Waals surface area (Å²) in [5.74, 6) is 1.04. The average molecular weight is 225 g/mol. The maximum atomic E-state index is 4.22. The van der Waals surface area contributed by atoms with E-state index < -0.39 is 0 Å². The first-order valence-corrected chi connectivity index (χ1v) is 6.91. The molecular formula is C11H19N3S. The van der Waals surface area contributed by atoms with Gasteiger partial charge >= 0.3 is 0 Å². The first-order chi connectivity index (χ1) is 7.38. The van der Waals surface area contributed by atoms with Crippen molar-refractivity contribution in [3.05, 3.63) is 18.2 Å². The van der Waals surface area contributed by atoms with Gasteiger partial charge in [-0.1, -0.05) is 6.42 Å². The minimum absolute atomic E-state index is 0.682. The summed E-state index contributed by atoms with van der Waals surface area (Å²) in [6.07, 6.45) is 11.3. The van der Waals surface area contributed by atoms with Gasteiger partial charge in [0.2, 0.25) is 0 Å². The van der Waals surface area contributed by atoms with Crippen LogP contribution in [0.25, 0.3) is 0 Å². The van der Waals surface area contributed by atoms with E-state index in [1.807, 2.05) is 24.2 Å². The van der Waals surface area contributed by atoms with Gasteiger partial charge in [0.25, 0.3) is 0 Å². The van der Waals surface area contributed by atoms with Crippen molar-refractivity contribution < 1.29 is 0 Å². The van der Waals surface area contributed by atoms with Crippen LogP contribution in [0.1, 0.15) is 31.5 Å². The quantitative estimate of drug-likeness (QED) is 0.825. The third kappa shape index (κ3) is 3.24. The van der Waals surface area contributed by atoms with E-state index in [-0.39, 0.29) is 0 Å². The third-order valence-corrected chi connectivity index (χ3v) is 4.17. The van der Waals surface area contributed by atoms with Crippen molar-refractivity contribution in [1.29, 1.82) is 0 Å². The number of rotatable bonds is 4. The molecule has 0 saturated heterocycles. The van der Waals surface area contributed by atoms with Gasteiger partial charge in [0.15, 0.2) is 0 Å². The zero-order valence-corrected chi connectivity index (χ0v) is 10.0. The molecule has 3 nitrogen and oxygen atoms in total. The standard InChI is InChI=1S/C11H19N3S/c1-15-10-4-2-3-9(7-10)14-8-11-12-5-6-13-11/h5-6,9-10,14H,2-4,7-8H2,1H3,(H,12,13). The van der Waals surface area contributed by atoms with E-state index in [1.165, 1.54) is 25.7 Å². The average Bonchev–Trinajstić information content (AvgIpc) is 2.79. The largest absolute Gasteiger partial charge is 0.348 e. The summed E-state index contributed by atoms with van der Waals surface area (Å²) >= 11 is 2.01. The van der Waals surface area contributed by atoms with Crippen LogP contribution in [0.4, 0.5) is 0 Å². The summed E-state index contributed by atoms with van der Waals surface area (Å²) in [6.45, 7) is 0.874. The fraction of sp³-hybridized carbons (Fsp3) is 0.727. The summed E-state index contributed by atoms with van der Waals surface area (Å²) in [7, 11) is 0. The smallest absolute Gasteiger partial charge is 0.120 e. The van der Waals surface area contributed by atoms with Gasteiger partial charge in [-0.25, -0.2) is 4.98 Å². The zero-order valence-electron chi connectivity index (χ0n) is 9.20. The molecule has 0 aromatic carbocycles. The Morgan fingerprint density at radius 1 is 1.60 bits per heavy atom. The Balaban J connectivity index is 1.74. The van der Waals surface area contributed by atoms with Crippen LogP contribution in [0.5, 0.6) is 0 Å². The zero-order chi connectivity index (χ0) is 10.5. The summed E-state index contributed by atoms with van der Waals surface area (Å²) in [5, 5.41) is 4.44. The normalized spacial score (nSPS) is 26.7. The summed E-state index contributed by atoms with van der Waals surface area (Å²) in [5.41, 5.74) is 0. The first kappa shape index (κ1) is 11.0. The molecule has 2 unspecified atom stereocenters. The molecule has 4 heteroatoms. The first-order valence-electron chi connectivity index (χ1n) is 5.63. The van der Waals surface area contributed by atoms with Crippen molar-refractivity contribution in [2.24, 2.45) is 0 Å². The second-order valence-corrected chi connectivity index (χ2v) is 5.28. The summed E-state index contributed by atoms with van der Waals surface area (Å²) in [4.78, 5) is 7.34. The van der Waals surface area contributed by atoms with Crippen molar-refractivity contribution in [3.63, 3.8) is 0 Å². The Morgan fingerprint density at radius 2 is 2.53 bits per heavy atom. The molecular weight excluding hydrogens is 206 g/mol. The molecule has 2 atom stereocenters. The second-order valence-electron chi connectivity index (χ2n) is 4.14. The maximum absolute atomic E-state index is 4.22.